The van der Waals surface area contributed by atoms with Crippen LogP contribution in [-0.2, 0) is 40.7 Å². The normalized spacial score (nSPS) is 17.4. The number of aromatic amines is 4. The second kappa shape index (κ2) is 11.7. The fraction of sp³-hybridized carbons (Fsp3) is 0.421. The van der Waals surface area contributed by atoms with Gasteiger partial charge in [-0.15, -0.1) is 0 Å². The molecule has 5 rings (SSSR count). The van der Waals surface area contributed by atoms with Crippen LogP contribution in [0.15, 0.2) is 60.2 Å². The van der Waals surface area contributed by atoms with E-state index >= 15 is 0 Å². The number of hydrogen-bond donors (Lipinski definition) is 4. The fourth-order valence-corrected chi connectivity index (χ4v) is 6.28. The van der Waals surface area contributed by atoms with Gasteiger partial charge in [-0.1, -0.05) is 12.2 Å². The van der Waals surface area contributed by atoms with Crippen molar-refractivity contribution in [2.45, 2.75) is 90.9 Å². The quantitative estimate of drug-likeness (QED) is 0.0579. The van der Waals surface area contributed by atoms with E-state index in [1.165, 1.54) is 6.08 Å². The Labute approximate surface area is 272 Å². The number of carbonyl (C=O) groups excluding carboxylic acids is 2. The van der Waals surface area contributed by atoms with E-state index in [-0.39, 0.29) is 29.6 Å². The van der Waals surface area contributed by atoms with E-state index in [1.54, 1.807) is 19.9 Å². The van der Waals surface area contributed by atoms with Crippen molar-refractivity contribution in [1.29, 1.82) is 0 Å². The smallest absolute Gasteiger partial charge is 0.345 e. The van der Waals surface area contributed by atoms with E-state index in [9.17, 15) is 9.59 Å². The Balaban J connectivity index is 1.70. The van der Waals surface area contributed by atoms with Gasteiger partial charge in [0.15, 0.2) is 0 Å². The third-order valence-electron chi connectivity index (χ3n) is 9.77. The summed E-state index contributed by atoms with van der Waals surface area (Å²) in [4.78, 5) is 40.3. The number of fused-ring (bicyclic) bond motifs is 8. The van der Waals surface area contributed by atoms with E-state index in [0.29, 0.717) is 0 Å². The lowest BCUT2D eigenvalue weighted by Gasteiger charge is -2.28. The molecule has 0 saturated carbocycles. The molecule has 0 atom stereocenters. The number of allylic oxidation sites excluding steroid dienone is 2. The van der Waals surface area contributed by atoms with Crippen LogP contribution < -0.4 is 0 Å². The Hall–Kier alpha value is -4.46. The predicted molar refractivity (Wildman–Crippen MR) is 182 cm³/mol. The Morgan fingerprint density at radius 1 is 0.587 bits per heavy atom. The highest BCUT2D eigenvalue weighted by molar-refractivity contribution is 6.14. The average molecular weight is 625 g/mol. The highest BCUT2D eigenvalue weighted by Gasteiger charge is 2.37. The molecule has 0 radical (unpaired) electrons. The van der Waals surface area contributed by atoms with Gasteiger partial charge in [0.05, 0.1) is 13.2 Å². The Kier molecular flexibility index (Phi) is 8.39. The zero-order valence-electron chi connectivity index (χ0n) is 28.8. The van der Waals surface area contributed by atoms with Gasteiger partial charge in [-0.05, 0) is 123 Å². The molecule has 4 N–H and O–H groups in total. The minimum atomic E-state index is -0.708. The summed E-state index contributed by atoms with van der Waals surface area (Å²) in [5.74, 6) is -1.42. The molecule has 0 amide bonds. The molecule has 5 heterocycles. The van der Waals surface area contributed by atoms with Crippen LogP contribution in [0.25, 0.3) is 6.08 Å². The van der Waals surface area contributed by atoms with Gasteiger partial charge in [0.25, 0.3) is 0 Å². The van der Waals surface area contributed by atoms with Crippen LogP contribution in [0.1, 0.15) is 120 Å². The number of nitrogens with one attached hydrogen (secondary N) is 4. The third-order valence-corrected chi connectivity index (χ3v) is 9.77. The van der Waals surface area contributed by atoms with Crippen LogP contribution in [0.3, 0.4) is 0 Å². The number of carbonyl (C=O) groups is 2. The summed E-state index contributed by atoms with van der Waals surface area (Å²) in [5, 5.41) is 0. The number of esters is 2. The molecule has 1 aliphatic heterocycles. The van der Waals surface area contributed by atoms with Gasteiger partial charge >= 0.3 is 11.9 Å². The maximum atomic E-state index is 12.6. The van der Waals surface area contributed by atoms with E-state index < -0.39 is 22.8 Å². The van der Waals surface area contributed by atoms with Crippen LogP contribution in [0.2, 0.25) is 0 Å². The van der Waals surface area contributed by atoms with Gasteiger partial charge in [-0.2, -0.15) is 0 Å². The van der Waals surface area contributed by atoms with Crippen molar-refractivity contribution in [1.82, 2.24) is 19.9 Å². The van der Waals surface area contributed by atoms with Crippen LogP contribution in [0, 0.1) is 0 Å². The van der Waals surface area contributed by atoms with Crippen molar-refractivity contribution in [2.24, 2.45) is 0 Å². The lowest BCUT2D eigenvalue weighted by Crippen LogP contribution is -2.26. The number of aromatic nitrogens is 4. The fourth-order valence-electron chi connectivity index (χ4n) is 6.28. The summed E-state index contributed by atoms with van der Waals surface area (Å²) in [5.41, 5.74) is 8.06. The average Bonchev–Trinajstić information content (AvgIpc) is 3.80. The third kappa shape index (κ3) is 5.59. The molecule has 4 aromatic heterocycles. The van der Waals surface area contributed by atoms with Crippen LogP contribution >= 0.6 is 0 Å². The summed E-state index contributed by atoms with van der Waals surface area (Å²) < 4.78 is 10.3. The standard InChI is InChI=1S/C38H48N4O4/c1-11-45-33(43)24(34(44)46-12-2)15-13-14-23-22-31-37(7,8)29-19-18-27(40-29)35(3,4)25-16-17-26(39-25)36(5,6)28-20-21-30(41-28)38(9,10)32(23)42-31/h13-22,39-42H,11-12H2,1-10H3/b14-13+. The molecular formula is C38H48N4O4. The van der Waals surface area contributed by atoms with Crippen molar-refractivity contribution in [2.75, 3.05) is 13.2 Å². The first-order chi connectivity index (χ1) is 21.5. The van der Waals surface area contributed by atoms with Crippen molar-refractivity contribution in [3.8, 4) is 0 Å². The Morgan fingerprint density at radius 2 is 0.957 bits per heavy atom. The molecule has 244 valence electrons. The molecule has 0 aromatic carbocycles. The van der Waals surface area contributed by atoms with Crippen LogP contribution in [-0.4, -0.2) is 45.1 Å². The summed E-state index contributed by atoms with van der Waals surface area (Å²) in [6, 6.07) is 15.3. The second-order valence-electron chi connectivity index (χ2n) is 14.3. The number of ether oxygens (including phenoxy) is 2. The molecular weight excluding hydrogens is 576 g/mol. The van der Waals surface area contributed by atoms with Crippen molar-refractivity contribution < 1.29 is 19.1 Å². The molecule has 46 heavy (non-hydrogen) atoms. The second-order valence-corrected chi connectivity index (χ2v) is 14.3. The van der Waals surface area contributed by atoms with Gasteiger partial charge in [-0.3, -0.25) is 0 Å². The maximum Gasteiger partial charge on any atom is 0.345 e. The zero-order chi connectivity index (χ0) is 33.7. The van der Waals surface area contributed by atoms with Gasteiger partial charge in [-0.25, -0.2) is 9.59 Å². The lowest BCUT2D eigenvalue weighted by molar-refractivity contribution is -0.146. The number of hydrogen-bond acceptors (Lipinski definition) is 4. The van der Waals surface area contributed by atoms with E-state index in [0.717, 1.165) is 51.1 Å². The summed E-state index contributed by atoms with van der Waals surface area (Å²) in [6.45, 7) is 21.5. The van der Waals surface area contributed by atoms with Gasteiger partial charge < -0.3 is 29.4 Å². The molecule has 4 aromatic rings. The van der Waals surface area contributed by atoms with Crippen molar-refractivity contribution >= 4 is 18.0 Å². The Morgan fingerprint density at radius 3 is 1.35 bits per heavy atom. The van der Waals surface area contributed by atoms with Crippen LogP contribution in [0.5, 0.6) is 0 Å². The SMILES string of the molecule is CCOC(=O)C(=C/C=C/c1cc2[nH]c1C(C)(C)c1ccc([nH]1)C(C)(C)c1ccc([nH]1)C(C)(C)c1ccc([nH]1)C2(C)C)C(=O)OCC. The highest BCUT2D eigenvalue weighted by Crippen LogP contribution is 2.42. The zero-order valence-corrected chi connectivity index (χ0v) is 28.8. The molecule has 0 fully saturated rings. The Bertz CT molecular complexity index is 1800. The molecule has 8 nitrogen and oxygen atoms in total. The molecule has 0 spiro atoms. The minimum absolute atomic E-state index is 0.146. The molecule has 8 heteroatoms. The summed E-state index contributed by atoms with van der Waals surface area (Å²) >= 11 is 0. The first-order valence-corrected chi connectivity index (χ1v) is 16.1. The number of rotatable bonds is 6. The summed E-state index contributed by atoms with van der Waals surface area (Å²) in [7, 11) is 0. The largest absolute Gasteiger partial charge is 0.462 e. The first-order valence-electron chi connectivity index (χ1n) is 16.1. The monoisotopic (exact) mass is 624 g/mol. The van der Waals surface area contributed by atoms with E-state index in [4.69, 9.17) is 9.47 Å². The molecule has 8 bridgehead atoms. The highest BCUT2D eigenvalue weighted by atomic mass is 16.6. The maximum absolute atomic E-state index is 12.6. The molecule has 0 aliphatic carbocycles. The lowest BCUT2D eigenvalue weighted by atomic mass is 9.83. The van der Waals surface area contributed by atoms with Crippen molar-refractivity contribution in [3.63, 3.8) is 0 Å². The van der Waals surface area contributed by atoms with E-state index in [1.807, 2.05) is 6.08 Å². The number of H-pyrrole nitrogens is 4. The first kappa shape index (κ1) is 32.9. The molecule has 0 saturated heterocycles. The van der Waals surface area contributed by atoms with Crippen LogP contribution in [0.4, 0.5) is 0 Å². The van der Waals surface area contributed by atoms with E-state index in [2.05, 4.69) is 118 Å². The van der Waals surface area contributed by atoms with Crippen molar-refractivity contribution in [3.05, 3.63) is 111 Å². The summed E-state index contributed by atoms with van der Waals surface area (Å²) in [6.07, 6.45) is 5.11. The molecule has 0 unspecified atom stereocenters. The molecule has 1 aliphatic rings. The van der Waals surface area contributed by atoms with Gasteiger partial charge in [0.1, 0.15) is 5.57 Å². The topological polar surface area (TPSA) is 116 Å². The van der Waals surface area contributed by atoms with Gasteiger partial charge in [0, 0.05) is 67.2 Å². The minimum Gasteiger partial charge on any atom is -0.462 e. The van der Waals surface area contributed by atoms with Gasteiger partial charge in [0.2, 0.25) is 0 Å². The predicted octanol–water partition coefficient (Wildman–Crippen LogP) is 7.68.